The molecule has 0 atom stereocenters. The molecule has 0 bridgehead atoms. The van der Waals surface area contributed by atoms with Crippen LogP contribution < -0.4 is 0 Å². The van der Waals surface area contributed by atoms with E-state index in [-0.39, 0.29) is 17.6 Å². The second-order valence-corrected chi connectivity index (χ2v) is 6.07. The third kappa shape index (κ3) is 3.60. The molecule has 0 aliphatic carbocycles. The summed E-state index contributed by atoms with van der Waals surface area (Å²) in [6.07, 6.45) is 4.63. The molecule has 1 aromatic carbocycles. The summed E-state index contributed by atoms with van der Waals surface area (Å²) >= 11 is 0. The van der Waals surface area contributed by atoms with E-state index in [0.717, 1.165) is 19.6 Å². The first kappa shape index (κ1) is 16.3. The highest BCUT2D eigenvalue weighted by Gasteiger charge is 2.26. The molecular weight excluding hydrogens is 332 g/mol. The van der Waals surface area contributed by atoms with E-state index in [9.17, 15) is 4.79 Å². The van der Waals surface area contributed by atoms with Gasteiger partial charge in [0.2, 0.25) is 5.82 Å². The topological polar surface area (TPSA) is 88.2 Å². The Morgan fingerprint density at radius 2 is 1.88 bits per heavy atom. The van der Waals surface area contributed by atoms with Gasteiger partial charge in [0, 0.05) is 45.1 Å². The Kier molecular flexibility index (Phi) is 4.65. The Balaban J connectivity index is 1.36. The van der Waals surface area contributed by atoms with Gasteiger partial charge in [-0.3, -0.25) is 14.7 Å². The van der Waals surface area contributed by atoms with Gasteiger partial charge in [-0.25, -0.2) is 4.98 Å². The lowest BCUT2D eigenvalue weighted by molar-refractivity contribution is 0.0581. The van der Waals surface area contributed by atoms with Gasteiger partial charge >= 0.3 is 11.8 Å². The highest BCUT2D eigenvalue weighted by Crippen LogP contribution is 2.14. The minimum Gasteiger partial charge on any atom is -0.332 e. The highest BCUT2D eigenvalue weighted by molar-refractivity contribution is 5.90. The van der Waals surface area contributed by atoms with Crippen molar-refractivity contribution in [2.45, 2.75) is 6.54 Å². The maximum Gasteiger partial charge on any atom is 0.316 e. The molecule has 1 fully saturated rings. The van der Waals surface area contributed by atoms with Crippen molar-refractivity contribution in [2.75, 3.05) is 26.2 Å². The molecule has 0 N–H and O–H groups in total. The average molecular weight is 350 g/mol. The number of hydrogen-bond donors (Lipinski definition) is 0. The highest BCUT2D eigenvalue weighted by atomic mass is 16.5. The minimum atomic E-state index is -0.244. The van der Waals surface area contributed by atoms with Crippen LogP contribution in [0.3, 0.4) is 0 Å². The first-order chi connectivity index (χ1) is 12.8. The van der Waals surface area contributed by atoms with E-state index in [4.69, 9.17) is 4.52 Å². The van der Waals surface area contributed by atoms with Gasteiger partial charge in [-0.1, -0.05) is 35.5 Å². The molecule has 1 aliphatic heterocycles. The second-order valence-electron chi connectivity index (χ2n) is 6.07. The molecule has 26 heavy (non-hydrogen) atoms. The van der Waals surface area contributed by atoms with E-state index in [1.807, 2.05) is 18.2 Å². The van der Waals surface area contributed by atoms with Crippen LogP contribution in [-0.2, 0) is 6.54 Å². The molecule has 0 spiro atoms. The van der Waals surface area contributed by atoms with Crippen molar-refractivity contribution in [1.82, 2.24) is 29.9 Å². The summed E-state index contributed by atoms with van der Waals surface area (Å²) in [4.78, 5) is 28.9. The number of carbonyl (C=O) groups is 1. The summed E-state index contributed by atoms with van der Waals surface area (Å²) in [5.74, 6) is 0.0123. The van der Waals surface area contributed by atoms with Crippen LogP contribution in [0.5, 0.6) is 0 Å². The fourth-order valence-corrected chi connectivity index (χ4v) is 2.91. The van der Waals surface area contributed by atoms with E-state index >= 15 is 0 Å². The zero-order valence-corrected chi connectivity index (χ0v) is 14.2. The lowest BCUT2D eigenvalue weighted by atomic mass is 10.2. The number of carbonyl (C=O) groups excluding carboxylic acids is 1. The molecule has 3 aromatic rings. The van der Waals surface area contributed by atoms with E-state index < -0.39 is 0 Å². The summed E-state index contributed by atoms with van der Waals surface area (Å²) in [5, 5.41) is 3.83. The number of nitrogens with zero attached hydrogens (tertiary/aromatic N) is 6. The number of amides is 1. The van der Waals surface area contributed by atoms with Crippen molar-refractivity contribution in [3.8, 4) is 11.5 Å². The van der Waals surface area contributed by atoms with Crippen molar-refractivity contribution in [1.29, 1.82) is 0 Å². The predicted octanol–water partition coefficient (Wildman–Crippen LogP) is 1.48. The van der Waals surface area contributed by atoms with Crippen molar-refractivity contribution in [2.24, 2.45) is 0 Å². The van der Waals surface area contributed by atoms with Crippen LogP contribution in [0.1, 0.15) is 16.2 Å². The maximum atomic E-state index is 12.6. The predicted molar refractivity (Wildman–Crippen MR) is 92.9 cm³/mol. The van der Waals surface area contributed by atoms with Gasteiger partial charge in [0.25, 0.3) is 0 Å². The number of hydrogen-bond acceptors (Lipinski definition) is 7. The molecule has 2 aromatic heterocycles. The van der Waals surface area contributed by atoms with E-state index in [1.54, 1.807) is 17.3 Å². The van der Waals surface area contributed by atoms with E-state index in [2.05, 4.69) is 37.1 Å². The Hall–Kier alpha value is -3.13. The molecule has 1 aliphatic rings. The van der Waals surface area contributed by atoms with E-state index in [1.165, 1.54) is 11.8 Å². The Labute approximate surface area is 150 Å². The number of piperazine rings is 1. The number of benzene rings is 1. The van der Waals surface area contributed by atoms with Crippen molar-refractivity contribution >= 4 is 5.91 Å². The van der Waals surface area contributed by atoms with Crippen molar-refractivity contribution < 1.29 is 9.32 Å². The smallest absolute Gasteiger partial charge is 0.316 e. The van der Waals surface area contributed by atoms with Crippen LogP contribution in [-0.4, -0.2) is 62.0 Å². The molecule has 3 heterocycles. The average Bonchev–Trinajstić information content (AvgIpc) is 3.20. The zero-order valence-electron chi connectivity index (χ0n) is 14.2. The van der Waals surface area contributed by atoms with Gasteiger partial charge in [0.1, 0.15) is 5.69 Å². The van der Waals surface area contributed by atoms with Gasteiger partial charge in [-0.2, -0.15) is 4.98 Å². The molecule has 1 amide bonds. The molecule has 8 nitrogen and oxygen atoms in total. The molecule has 132 valence electrons. The summed E-state index contributed by atoms with van der Waals surface area (Å²) in [7, 11) is 0. The van der Waals surface area contributed by atoms with Crippen LogP contribution in [0.2, 0.25) is 0 Å². The zero-order chi connectivity index (χ0) is 17.8. The van der Waals surface area contributed by atoms with Crippen LogP contribution in [0.4, 0.5) is 0 Å². The monoisotopic (exact) mass is 350 g/mol. The van der Waals surface area contributed by atoms with Crippen LogP contribution in [0.15, 0.2) is 53.4 Å². The summed E-state index contributed by atoms with van der Waals surface area (Å²) < 4.78 is 5.12. The SMILES string of the molecule is O=C(c1nc(-c2cnccn2)no1)N1CCN(Cc2ccccc2)CC1. The van der Waals surface area contributed by atoms with Gasteiger partial charge in [-0.15, -0.1) is 0 Å². The second kappa shape index (κ2) is 7.40. The first-order valence-electron chi connectivity index (χ1n) is 8.45. The molecule has 4 rings (SSSR count). The van der Waals surface area contributed by atoms with Gasteiger partial charge in [-0.05, 0) is 5.56 Å². The van der Waals surface area contributed by atoms with Crippen LogP contribution >= 0.6 is 0 Å². The largest absolute Gasteiger partial charge is 0.332 e. The fourth-order valence-electron chi connectivity index (χ4n) is 2.91. The first-order valence-corrected chi connectivity index (χ1v) is 8.45. The van der Waals surface area contributed by atoms with Crippen LogP contribution in [0.25, 0.3) is 11.5 Å². The standard InChI is InChI=1S/C18H18N6O2/c25-18(17-21-16(22-26-17)15-12-19-6-7-20-15)24-10-8-23(9-11-24)13-14-4-2-1-3-5-14/h1-7,12H,8-11,13H2. The van der Waals surface area contributed by atoms with Gasteiger partial charge < -0.3 is 9.42 Å². The lowest BCUT2D eigenvalue weighted by Gasteiger charge is -2.33. The van der Waals surface area contributed by atoms with Crippen molar-refractivity contribution in [3.63, 3.8) is 0 Å². The molecule has 1 saturated heterocycles. The third-order valence-electron chi connectivity index (χ3n) is 4.31. The molecule has 0 saturated carbocycles. The van der Waals surface area contributed by atoms with Gasteiger partial charge in [0.05, 0.1) is 6.20 Å². The molecule has 8 heteroatoms. The summed E-state index contributed by atoms with van der Waals surface area (Å²) in [5.41, 5.74) is 1.75. The summed E-state index contributed by atoms with van der Waals surface area (Å²) in [6, 6.07) is 10.3. The Morgan fingerprint density at radius 3 is 2.62 bits per heavy atom. The van der Waals surface area contributed by atoms with E-state index in [0.29, 0.717) is 18.8 Å². The van der Waals surface area contributed by atoms with Crippen molar-refractivity contribution in [3.05, 3.63) is 60.4 Å². The lowest BCUT2D eigenvalue weighted by Crippen LogP contribution is -2.48. The third-order valence-corrected chi connectivity index (χ3v) is 4.31. The van der Waals surface area contributed by atoms with Crippen LogP contribution in [0, 0.1) is 0 Å². The molecule has 0 radical (unpaired) electrons. The fraction of sp³-hybridized carbons (Fsp3) is 0.278. The Morgan fingerprint density at radius 1 is 1.08 bits per heavy atom. The Bertz CT molecular complexity index is 860. The maximum absolute atomic E-state index is 12.6. The van der Waals surface area contributed by atoms with Gasteiger partial charge in [0.15, 0.2) is 0 Å². The normalized spacial score (nSPS) is 15.2. The quantitative estimate of drug-likeness (QED) is 0.704. The molecule has 0 unspecified atom stereocenters. The number of aromatic nitrogens is 4. The molecular formula is C18H18N6O2. The minimum absolute atomic E-state index is 0.0119. The number of rotatable bonds is 4. The summed E-state index contributed by atoms with van der Waals surface area (Å²) in [6.45, 7) is 3.78.